The topological polar surface area (TPSA) is 58.9 Å². The number of methoxy groups -OCH3 is 1. The number of amides is 1. The van der Waals surface area contributed by atoms with Gasteiger partial charge in [0.15, 0.2) is 0 Å². The number of carbonyl (C=O) groups excluding carboxylic acids is 1. The molecule has 9 heteroatoms. The lowest BCUT2D eigenvalue weighted by Crippen LogP contribution is -2.57. The molecule has 0 saturated carbocycles. The molecule has 3 aromatic rings. The van der Waals surface area contributed by atoms with E-state index in [1.807, 2.05) is 6.07 Å². The second-order valence-corrected chi connectivity index (χ2v) is 9.29. The molecule has 0 aliphatic carbocycles. The largest absolute Gasteiger partial charge is 0.417 e. The third-order valence-corrected chi connectivity index (χ3v) is 7.23. The molecule has 1 fully saturated rings. The third-order valence-electron chi connectivity index (χ3n) is 7.23. The zero-order chi connectivity index (χ0) is 24.1. The Hall–Kier alpha value is -2.91. The highest BCUT2D eigenvalue weighted by Crippen LogP contribution is 2.34. The minimum atomic E-state index is -4.52. The Morgan fingerprint density at radius 1 is 1.18 bits per heavy atom. The average molecular weight is 473 g/mol. The molecule has 1 unspecified atom stereocenters. The lowest BCUT2D eigenvalue weighted by Gasteiger charge is -2.45. The molecule has 34 heavy (non-hydrogen) atoms. The smallest absolute Gasteiger partial charge is 0.377 e. The second kappa shape index (κ2) is 8.39. The van der Waals surface area contributed by atoms with Gasteiger partial charge in [-0.3, -0.25) is 4.79 Å². The SMILES string of the molecule is COC(C)c1cc(C(F)(F)F)cn2cc(C(=O)N3CCC4(CC3)Cc3ccccc3CN4)nc12. The fraction of sp³-hybridized carbons (Fsp3) is 0.440. The van der Waals surface area contributed by atoms with Gasteiger partial charge in [-0.15, -0.1) is 0 Å². The van der Waals surface area contributed by atoms with Crippen molar-refractivity contribution in [3.05, 3.63) is 70.7 Å². The molecule has 2 aliphatic heterocycles. The summed E-state index contributed by atoms with van der Waals surface area (Å²) in [5.74, 6) is -0.265. The van der Waals surface area contributed by atoms with Gasteiger partial charge in [0.1, 0.15) is 11.3 Å². The van der Waals surface area contributed by atoms with Crippen LogP contribution < -0.4 is 5.32 Å². The predicted molar refractivity (Wildman–Crippen MR) is 120 cm³/mol. The molecule has 0 bridgehead atoms. The molecule has 1 saturated heterocycles. The van der Waals surface area contributed by atoms with Gasteiger partial charge in [-0.05, 0) is 43.4 Å². The number of alkyl halides is 3. The molecule has 1 spiro atoms. The third kappa shape index (κ3) is 4.07. The van der Waals surface area contributed by atoms with E-state index in [9.17, 15) is 18.0 Å². The quantitative estimate of drug-likeness (QED) is 0.615. The van der Waals surface area contributed by atoms with E-state index in [2.05, 4.69) is 28.5 Å². The summed E-state index contributed by atoms with van der Waals surface area (Å²) in [6.45, 7) is 3.61. The van der Waals surface area contributed by atoms with Crippen LogP contribution in [0, 0.1) is 0 Å². The van der Waals surface area contributed by atoms with Crippen molar-refractivity contribution in [3.63, 3.8) is 0 Å². The van der Waals surface area contributed by atoms with Gasteiger partial charge in [-0.25, -0.2) is 4.98 Å². The highest BCUT2D eigenvalue weighted by Gasteiger charge is 2.39. The predicted octanol–water partition coefficient (Wildman–Crippen LogP) is 4.38. The standard InChI is InChI=1S/C25H27F3N4O2/c1-16(34-2)20-11-19(25(26,27)28)14-32-15-21(30-22(20)32)23(33)31-9-7-24(8-10-31)12-17-5-3-4-6-18(17)13-29-24/h3-6,11,14-16,29H,7-10,12-13H2,1-2H3. The Balaban J connectivity index is 1.37. The zero-order valence-corrected chi connectivity index (χ0v) is 19.2. The van der Waals surface area contributed by atoms with Gasteiger partial charge >= 0.3 is 6.18 Å². The van der Waals surface area contributed by atoms with E-state index in [1.165, 1.54) is 28.8 Å². The molecule has 0 radical (unpaired) electrons. The van der Waals surface area contributed by atoms with E-state index >= 15 is 0 Å². The maximum atomic E-state index is 13.4. The van der Waals surface area contributed by atoms with E-state index in [0.717, 1.165) is 38.1 Å². The Morgan fingerprint density at radius 3 is 2.56 bits per heavy atom. The molecular formula is C25H27F3N4O2. The summed E-state index contributed by atoms with van der Waals surface area (Å²) in [5, 5.41) is 3.68. The van der Waals surface area contributed by atoms with Crippen molar-refractivity contribution in [2.45, 2.75) is 50.6 Å². The lowest BCUT2D eigenvalue weighted by molar-refractivity contribution is -0.138. The van der Waals surface area contributed by atoms with Crippen LogP contribution in [0.3, 0.4) is 0 Å². The van der Waals surface area contributed by atoms with Gasteiger partial charge in [0.25, 0.3) is 5.91 Å². The van der Waals surface area contributed by atoms with Crippen LogP contribution >= 0.6 is 0 Å². The van der Waals surface area contributed by atoms with Crippen LogP contribution in [-0.2, 0) is 23.9 Å². The number of rotatable bonds is 3. The van der Waals surface area contributed by atoms with Crippen LogP contribution in [0.15, 0.2) is 42.7 Å². The number of fused-ring (bicyclic) bond motifs is 2. The number of nitrogens with zero attached hydrogens (tertiary/aromatic N) is 3. The van der Waals surface area contributed by atoms with Crippen molar-refractivity contribution in [2.24, 2.45) is 0 Å². The monoisotopic (exact) mass is 472 g/mol. The number of benzene rings is 1. The maximum Gasteiger partial charge on any atom is 0.417 e. The van der Waals surface area contributed by atoms with Gasteiger partial charge in [0, 0.05) is 50.2 Å². The fourth-order valence-electron chi connectivity index (χ4n) is 5.07. The van der Waals surface area contributed by atoms with E-state index in [4.69, 9.17) is 4.74 Å². The first-order valence-electron chi connectivity index (χ1n) is 11.4. The number of piperidine rings is 1. The van der Waals surface area contributed by atoms with Crippen LogP contribution in [-0.4, -0.2) is 45.9 Å². The summed E-state index contributed by atoms with van der Waals surface area (Å²) in [5.41, 5.74) is 2.55. The number of aromatic nitrogens is 2. The molecule has 1 amide bonds. The molecule has 1 atom stereocenters. The van der Waals surface area contributed by atoms with Gasteiger partial charge in [-0.2, -0.15) is 13.2 Å². The number of hydrogen-bond donors (Lipinski definition) is 1. The van der Waals surface area contributed by atoms with Gasteiger partial charge in [0.2, 0.25) is 0 Å². The molecule has 1 aromatic carbocycles. The van der Waals surface area contributed by atoms with Crippen molar-refractivity contribution in [2.75, 3.05) is 20.2 Å². The number of likely N-dealkylation sites (tertiary alicyclic amines) is 1. The molecular weight excluding hydrogens is 445 g/mol. The van der Waals surface area contributed by atoms with Crippen molar-refractivity contribution in [1.29, 1.82) is 0 Å². The number of ether oxygens (including phenoxy) is 1. The zero-order valence-electron chi connectivity index (χ0n) is 19.2. The van der Waals surface area contributed by atoms with Crippen LogP contribution in [0.25, 0.3) is 5.65 Å². The van der Waals surface area contributed by atoms with Crippen LogP contribution in [0.2, 0.25) is 0 Å². The summed E-state index contributed by atoms with van der Waals surface area (Å²) in [4.78, 5) is 19.4. The Kier molecular flexibility index (Phi) is 5.64. The van der Waals surface area contributed by atoms with Crippen LogP contribution in [0.1, 0.15) is 58.6 Å². The molecule has 4 heterocycles. The van der Waals surface area contributed by atoms with Gasteiger partial charge < -0.3 is 19.4 Å². The van der Waals surface area contributed by atoms with Crippen molar-refractivity contribution < 1.29 is 22.7 Å². The first kappa shape index (κ1) is 22.9. The molecule has 2 aromatic heterocycles. The van der Waals surface area contributed by atoms with E-state index in [1.54, 1.807) is 11.8 Å². The number of imidazole rings is 1. The van der Waals surface area contributed by atoms with Crippen molar-refractivity contribution in [1.82, 2.24) is 19.6 Å². The Labute approximate surface area is 195 Å². The first-order chi connectivity index (χ1) is 16.2. The Bertz CT molecular complexity index is 1230. The molecule has 1 N–H and O–H groups in total. The molecule has 5 rings (SSSR count). The molecule has 2 aliphatic rings. The number of nitrogens with one attached hydrogen (secondary N) is 1. The minimum Gasteiger partial charge on any atom is -0.377 e. The number of carbonyl (C=O) groups is 1. The highest BCUT2D eigenvalue weighted by atomic mass is 19.4. The summed E-state index contributed by atoms with van der Waals surface area (Å²) in [6.07, 6.45) is -0.215. The first-order valence-corrected chi connectivity index (χ1v) is 11.4. The summed E-state index contributed by atoms with van der Waals surface area (Å²) in [7, 11) is 1.43. The van der Waals surface area contributed by atoms with Crippen molar-refractivity contribution in [3.8, 4) is 0 Å². The second-order valence-electron chi connectivity index (χ2n) is 9.29. The highest BCUT2D eigenvalue weighted by molar-refractivity contribution is 5.93. The average Bonchev–Trinajstić information content (AvgIpc) is 3.27. The van der Waals surface area contributed by atoms with E-state index in [-0.39, 0.29) is 17.1 Å². The minimum absolute atomic E-state index is 0.0350. The van der Waals surface area contributed by atoms with Gasteiger partial charge in [0.05, 0.1) is 11.7 Å². The normalized spacial score (nSPS) is 18.8. The number of halogens is 3. The van der Waals surface area contributed by atoms with E-state index < -0.39 is 17.8 Å². The summed E-state index contributed by atoms with van der Waals surface area (Å²) < 4.78 is 46.8. The van der Waals surface area contributed by atoms with Crippen LogP contribution in [0.4, 0.5) is 13.2 Å². The lowest BCUT2D eigenvalue weighted by atomic mass is 9.78. The Morgan fingerprint density at radius 2 is 1.88 bits per heavy atom. The van der Waals surface area contributed by atoms with Crippen molar-refractivity contribution >= 4 is 11.6 Å². The van der Waals surface area contributed by atoms with E-state index in [0.29, 0.717) is 24.3 Å². The van der Waals surface area contributed by atoms with Crippen LogP contribution in [0.5, 0.6) is 0 Å². The molecule has 180 valence electrons. The van der Waals surface area contributed by atoms with Gasteiger partial charge in [-0.1, -0.05) is 24.3 Å². The number of pyridine rings is 1. The number of hydrogen-bond acceptors (Lipinski definition) is 4. The maximum absolute atomic E-state index is 13.4. The fourth-order valence-corrected chi connectivity index (χ4v) is 5.07. The summed E-state index contributed by atoms with van der Waals surface area (Å²) in [6, 6.07) is 9.45. The molecule has 6 nitrogen and oxygen atoms in total. The summed E-state index contributed by atoms with van der Waals surface area (Å²) >= 11 is 0.